The number of hydrogen-bond acceptors (Lipinski definition) is 4. The maximum Gasteiger partial charge on any atom is 0.302 e. The highest BCUT2D eigenvalue weighted by atomic mass is 35.5. The van der Waals surface area contributed by atoms with Crippen LogP contribution in [0.25, 0.3) is 0 Å². The van der Waals surface area contributed by atoms with Gasteiger partial charge in [0.15, 0.2) is 0 Å². The predicted molar refractivity (Wildman–Crippen MR) is 76.2 cm³/mol. The van der Waals surface area contributed by atoms with E-state index in [9.17, 15) is 17.1 Å². The van der Waals surface area contributed by atoms with Crippen LogP contribution in [0.1, 0.15) is 6.42 Å². The minimum absolute atomic E-state index is 0.0527. The van der Waals surface area contributed by atoms with Gasteiger partial charge < -0.3 is 10.6 Å². The highest BCUT2D eigenvalue weighted by Gasteiger charge is 2.34. The number of carbonyl (C=O) groups is 1. The SMILES string of the molecule is Nc1cc(Cl)c(Cl)cc1N1CC(CS(=O)(=O)F)CC1=O. The molecule has 1 aromatic carbocycles. The van der Waals surface area contributed by atoms with Crippen LogP contribution in [0.3, 0.4) is 0 Å². The van der Waals surface area contributed by atoms with Crippen LogP contribution < -0.4 is 10.6 Å². The molecule has 0 bridgehead atoms. The number of carbonyl (C=O) groups excluding carboxylic acids is 1. The molecule has 5 nitrogen and oxygen atoms in total. The lowest BCUT2D eigenvalue weighted by molar-refractivity contribution is -0.117. The monoisotopic (exact) mass is 340 g/mol. The quantitative estimate of drug-likeness (QED) is 0.675. The van der Waals surface area contributed by atoms with Crippen molar-refractivity contribution in [1.29, 1.82) is 0 Å². The number of rotatable bonds is 3. The molecule has 1 aromatic rings. The van der Waals surface area contributed by atoms with E-state index in [1.807, 2.05) is 0 Å². The molecule has 1 saturated heterocycles. The molecule has 9 heteroatoms. The van der Waals surface area contributed by atoms with E-state index in [-0.39, 0.29) is 34.6 Å². The summed E-state index contributed by atoms with van der Waals surface area (Å²) in [6.45, 7) is 0.0736. The molecule has 110 valence electrons. The molecule has 1 aliphatic rings. The molecule has 0 radical (unpaired) electrons. The van der Waals surface area contributed by atoms with E-state index in [1.165, 1.54) is 17.0 Å². The molecular weight excluding hydrogens is 330 g/mol. The predicted octanol–water partition coefficient (Wildman–Crippen LogP) is 2.23. The van der Waals surface area contributed by atoms with Gasteiger partial charge in [-0.3, -0.25) is 4.79 Å². The third-order valence-corrected chi connectivity index (χ3v) is 4.59. The van der Waals surface area contributed by atoms with Crippen molar-refractivity contribution in [2.75, 3.05) is 22.9 Å². The maximum atomic E-state index is 12.7. The molecule has 1 aliphatic heterocycles. The van der Waals surface area contributed by atoms with Gasteiger partial charge in [-0.1, -0.05) is 23.2 Å². The van der Waals surface area contributed by atoms with Crippen molar-refractivity contribution in [1.82, 2.24) is 0 Å². The van der Waals surface area contributed by atoms with Crippen LogP contribution in [-0.4, -0.2) is 26.6 Å². The average Bonchev–Trinajstić information content (AvgIpc) is 2.62. The zero-order valence-electron chi connectivity index (χ0n) is 10.1. The summed E-state index contributed by atoms with van der Waals surface area (Å²) in [7, 11) is -4.62. The van der Waals surface area contributed by atoms with E-state index >= 15 is 0 Å². The fourth-order valence-corrected chi connectivity index (χ4v) is 3.31. The Kier molecular flexibility index (Phi) is 4.13. The molecule has 2 rings (SSSR count). The number of nitrogen functional groups attached to an aromatic ring is 1. The maximum absolute atomic E-state index is 12.7. The Hall–Kier alpha value is -1.05. The number of nitrogens with two attached hydrogens (primary N) is 1. The van der Waals surface area contributed by atoms with Crippen molar-refractivity contribution in [3.63, 3.8) is 0 Å². The van der Waals surface area contributed by atoms with Crippen molar-refractivity contribution in [2.45, 2.75) is 6.42 Å². The largest absolute Gasteiger partial charge is 0.397 e. The Morgan fingerprint density at radius 3 is 2.55 bits per heavy atom. The average molecular weight is 341 g/mol. The number of nitrogens with zero attached hydrogens (tertiary/aromatic N) is 1. The fourth-order valence-electron chi connectivity index (χ4n) is 2.19. The summed E-state index contributed by atoms with van der Waals surface area (Å²) in [6.07, 6.45) is -0.0527. The minimum Gasteiger partial charge on any atom is -0.397 e. The van der Waals surface area contributed by atoms with Gasteiger partial charge in [0.2, 0.25) is 5.91 Å². The van der Waals surface area contributed by atoms with Crippen molar-refractivity contribution < 1.29 is 17.1 Å². The summed E-state index contributed by atoms with van der Waals surface area (Å²) < 4.78 is 34.0. The summed E-state index contributed by atoms with van der Waals surface area (Å²) in [4.78, 5) is 13.2. The number of halogens is 3. The number of hydrogen-bond donors (Lipinski definition) is 1. The van der Waals surface area contributed by atoms with Crippen LogP contribution in [0.5, 0.6) is 0 Å². The van der Waals surface area contributed by atoms with Crippen LogP contribution in [0, 0.1) is 5.92 Å². The second-order valence-corrected chi connectivity index (χ2v) is 6.83. The van der Waals surface area contributed by atoms with Crippen molar-refractivity contribution in [3.05, 3.63) is 22.2 Å². The normalized spacial score (nSPS) is 19.6. The lowest BCUT2D eigenvalue weighted by Gasteiger charge is -2.19. The lowest BCUT2D eigenvalue weighted by Crippen LogP contribution is -2.26. The summed E-state index contributed by atoms with van der Waals surface area (Å²) in [6, 6.07) is 2.84. The standard InChI is InChI=1S/C11H11Cl2FN2O3S/c12-7-2-9(15)10(3-8(7)13)16-4-6(1-11(16)17)5-20(14,18)19/h2-3,6H,1,4-5,15H2. The summed E-state index contributed by atoms with van der Waals surface area (Å²) in [5.74, 6) is -1.62. The summed E-state index contributed by atoms with van der Waals surface area (Å²) in [5.41, 5.74) is 6.37. The summed E-state index contributed by atoms with van der Waals surface area (Å²) in [5, 5.41) is 0.479. The van der Waals surface area contributed by atoms with E-state index in [2.05, 4.69) is 0 Å². The second kappa shape index (κ2) is 5.38. The van der Waals surface area contributed by atoms with Crippen LogP contribution in [0.4, 0.5) is 15.3 Å². The highest BCUT2D eigenvalue weighted by molar-refractivity contribution is 7.86. The van der Waals surface area contributed by atoms with Crippen LogP contribution in [0.2, 0.25) is 10.0 Å². The topological polar surface area (TPSA) is 80.5 Å². The number of amides is 1. The molecular formula is C11H11Cl2FN2O3S. The molecule has 0 spiro atoms. The molecule has 1 amide bonds. The van der Waals surface area contributed by atoms with Gasteiger partial charge in [-0.15, -0.1) is 3.89 Å². The Labute approximate surface area is 125 Å². The fraction of sp³-hybridized carbons (Fsp3) is 0.364. The van der Waals surface area contributed by atoms with Gasteiger partial charge in [0.1, 0.15) is 0 Å². The van der Waals surface area contributed by atoms with Crippen molar-refractivity contribution in [2.24, 2.45) is 5.92 Å². The van der Waals surface area contributed by atoms with Gasteiger partial charge in [0, 0.05) is 18.9 Å². The molecule has 1 unspecified atom stereocenters. The third-order valence-electron chi connectivity index (χ3n) is 3.00. The van der Waals surface area contributed by atoms with E-state index in [1.54, 1.807) is 0 Å². The first-order chi connectivity index (χ1) is 9.17. The minimum atomic E-state index is -4.62. The van der Waals surface area contributed by atoms with Gasteiger partial charge in [-0.2, -0.15) is 8.42 Å². The zero-order valence-corrected chi connectivity index (χ0v) is 12.5. The summed E-state index contributed by atoms with van der Waals surface area (Å²) >= 11 is 11.7. The van der Waals surface area contributed by atoms with Gasteiger partial charge in [-0.05, 0) is 12.1 Å². The van der Waals surface area contributed by atoms with Crippen molar-refractivity contribution in [3.8, 4) is 0 Å². The van der Waals surface area contributed by atoms with Crippen LogP contribution in [-0.2, 0) is 15.0 Å². The Morgan fingerprint density at radius 1 is 1.35 bits per heavy atom. The van der Waals surface area contributed by atoms with Crippen LogP contribution >= 0.6 is 23.2 Å². The Morgan fingerprint density at radius 2 is 1.95 bits per heavy atom. The van der Waals surface area contributed by atoms with Crippen molar-refractivity contribution >= 4 is 50.7 Å². The second-order valence-electron chi connectivity index (χ2n) is 4.61. The smallest absolute Gasteiger partial charge is 0.302 e. The third kappa shape index (κ3) is 3.34. The van der Waals surface area contributed by atoms with E-state index in [0.717, 1.165) is 0 Å². The molecule has 1 heterocycles. The molecule has 1 atom stereocenters. The lowest BCUT2D eigenvalue weighted by atomic mass is 10.1. The zero-order chi connectivity index (χ0) is 15.1. The van der Waals surface area contributed by atoms with Gasteiger partial charge in [-0.25, -0.2) is 0 Å². The van der Waals surface area contributed by atoms with Gasteiger partial charge in [0.25, 0.3) is 0 Å². The molecule has 0 saturated carbocycles. The Balaban J connectivity index is 2.26. The first-order valence-electron chi connectivity index (χ1n) is 5.64. The van der Waals surface area contributed by atoms with E-state index < -0.39 is 21.9 Å². The van der Waals surface area contributed by atoms with Crippen LogP contribution in [0.15, 0.2) is 12.1 Å². The van der Waals surface area contributed by atoms with Gasteiger partial charge in [0.05, 0.1) is 27.2 Å². The first kappa shape index (κ1) is 15.3. The number of anilines is 2. The molecule has 0 aliphatic carbocycles. The molecule has 0 aromatic heterocycles. The number of benzene rings is 1. The van der Waals surface area contributed by atoms with E-state index in [0.29, 0.717) is 5.69 Å². The Bertz CT molecular complexity index is 666. The van der Waals surface area contributed by atoms with E-state index in [4.69, 9.17) is 28.9 Å². The first-order valence-corrected chi connectivity index (χ1v) is 7.95. The molecule has 2 N–H and O–H groups in total. The molecule has 20 heavy (non-hydrogen) atoms. The molecule has 1 fully saturated rings. The highest BCUT2D eigenvalue weighted by Crippen LogP contribution is 2.36. The van der Waals surface area contributed by atoms with Gasteiger partial charge >= 0.3 is 10.2 Å².